The van der Waals surface area contributed by atoms with Gasteiger partial charge >= 0.3 is 0 Å². The Labute approximate surface area is 158 Å². The first-order chi connectivity index (χ1) is 11.7. The van der Waals surface area contributed by atoms with Crippen LogP contribution in [-0.4, -0.2) is 32.0 Å². The van der Waals surface area contributed by atoms with Gasteiger partial charge in [0.2, 0.25) is 0 Å². The average Bonchev–Trinajstić information content (AvgIpc) is 3.06. The van der Waals surface area contributed by atoms with Gasteiger partial charge in [-0.05, 0) is 55.6 Å². The number of anilines is 1. The predicted octanol–water partition coefficient (Wildman–Crippen LogP) is 3.32. The van der Waals surface area contributed by atoms with Gasteiger partial charge in [-0.25, -0.2) is 0 Å². The van der Waals surface area contributed by atoms with Crippen LogP contribution in [0.4, 0.5) is 5.00 Å². The molecule has 0 atom stereocenters. The van der Waals surface area contributed by atoms with Crippen LogP contribution in [-0.2, 0) is 6.42 Å². The van der Waals surface area contributed by atoms with E-state index < -0.39 is 0 Å². The minimum atomic E-state index is -0.204. The molecule has 0 aliphatic carbocycles. The first-order valence-corrected chi connectivity index (χ1v) is 8.94. The number of thiophene rings is 1. The van der Waals surface area contributed by atoms with E-state index >= 15 is 0 Å². The van der Waals surface area contributed by atoms with Crippen LogP contribution in [0.2, 0.25) is 0 Å². The highest BCUT2D eigenvalue weighted by atomic mass is 35.5. The van der Waals surface area contributed by atoms with Gasteiger partial charge in [-0.15, -0.1) is 23.7 Å². The highest BCUT2D eigenvalue weighted by Crippen LogP contribution is 2.24. The van der Waals surface area contributed by atoms with Crippen molar-refractivity contribution in [2.24, 2.45) is 0 Å². The van der Waals surface area contributed by atoms with E-state index in [1.165, 1.54) is 16.9 Å². The molecule has 5 nitrogen and oxygen atoms in total. The summed E-state index contributed by atoms with van der Waals surface area (Å²) >= 11 is 1.35. The molecule has 1 aromatic heterocycles. The van der Waals surface area contributed by atoms with Gasteiger partial charge in [0.25, 0.3) is 11.8 Å². The topological polar surface area (TPSA) is 70.2 Å². The lowest BCUT2D eigenvalue weighted by Gasteiger charge is -2.08. The Hall–Kier alpha value is -1.89. The van der Waals surface area contributed by atoms with Gasteiger partial charge in [0.15, 0.2) is 0 Å². The third-order valence-electron chi connectivity index (χ3n) is 3.65. The van der Waals surface area contributed by atoms with Gasteiger partial charge in [-0.3, -0.25) is 9.59 Å². The Morgan fingerprint density at radius 2 is 1.76 bits per heavy atom. The fourth-order valence-corrected chi connectivity index (χ4v) is 2.99. The molecule has 0 bridgehead atoms. The Morgan fingerprint density at radius 3 is 2.40 bits per heavy atom. The molecule has 7 heteroatoms. The molecular weight excluding hydrogens is 358 g/mol. The molecule has 0 spiro atoms. The van der Waals surface area contributed by atoms with Gasteiger partial charge in [-0.1, -0.05) is 19.1 Å². The lowest BCUT2D eigenvalue weighted by Crippen LogP contribution is -2.27. The van der Waals surface area contributed by atoms with Crippen molar-refractivity contribution in [3.63, 3.8) is 0 Å². The number of hydrogen-bond donors (Lipinski definition) is 3. The molecule has 2 aromatic rings. The van der Waals surface area contributed by atoms with Crippen LogP contribution in [0.3, 0.4) is 0 Å². The summed E-state index contributed by atoms with van der Waals surface area (Å²) in [7, 11) is 1.88. The Kier molecular flexibility index (Phi) is 9.20. The van der Waals surface area contributed by atoms with Crippen molar-refractivity contribution in [1.29, 1.82) is 0 Å². The molecular formula is C18H24ClN3O2S. The number of carbonyl (C=O) groups excluding carboxylic acids is 2. The van der Waals surface area contributed by atoms with Crippen LogP contribution in [0.1, 0.15) is 39.6 Å². The molecule has 1 heterocycles. The smallest absolute Gasteiger partial charge is 0.256 e. The Morgan fingerprint density at radius 1 is 1.04 bits per heavy atom. The van der Waals surface area contributed by atoms with Crippen molar-refractivity contribution < 1.29 is 9.59 Å². The van der Waals surface area contributed by atoms with Crippen molar-refractivity contribution in [3.05, 3.63) is 52.4 Å². The summed E-state index contributed by atoms with van der Waals surface area (Å²) in [6.07, 6.45) is 1.79. The zero-order chi connectivity index (χ0) is 17.4. The number of aryl methyl sites for hydroxylation is 1. The third-order valence-corrected chi connectivity index (χ3v) is 4.48. The maximum absolute atomic E-state index is 12.3. The van der Waals surface area contributed by atoms with E-state index in [4.69, 9.17) is 0 Å². The summed E-state index contributed by atoms with van der Waals surface area (Å²) in [4.78, 5) is 24.6. The summed E-state index contributed by atoms with van der Waals surface area (Å²) in [5.41, 5.74) is 2.27. The maximum Gasteiger partial charge on any atom is 0.256 e. The van der Waals surface area contributed by atoms with Crippen LogP contribution in [0.25, 0.3) is 0 Å². The minimum absolute atomic E-state index is 0. The molecule has 0 fully saturated rings. The second-order valence-electron chi connectivity index (χ2n) is 5.38. The lowest BCUT2D eigenvalue weighted by molar-refractivity contribution is 0.0954. The normalized spacial score (nSPS) is 10.0. The summed E-state index contributed by atoms with van der Waals surface area (Å²) in [6.45, 7) is 3.52. The van der Waals surface area contributed by atoms with Crippen LogP contribution in [0.5, 0.6) is 0 Å². The zero-order valence-corrected chi connectivity index (χ0v) is 16.1. The van der Waals surface area contributed by atoms with E-state index in [9.17, 15) is 9.59 Å². The number of halogens is 1. The summed E-state index contributed by atoms with van der Waals surface area (Å²) in [5, 5.41) is 11.1. The summed E-state index contributed by atoms with van der Waals surface area (Å²) in [6, 6.07) is 9.23. The summed E-state index contributed by atoms with van der Waals surface area (Å²) in [5.74, 6) is -0.367. The van der Waals surface area contributed by atoms with Crippen LogP contribution >= 0.6 is 23.7 Å². The van der Waals surface area contributed by atoms with Gasteiger partial charge in [-0.2, -0.15) is 0 Å². The van der Waals surface area contributed by atoms with E-state index in [-0.39, 0.29) is 24.2 Å². The Balaban J connectivity index is 0.00000312. The highest BCUT2D eigenvalue weighted by Gasteiger charge is 2.15. The van der Waals surface area contributed by atoms with Crippen molar-refractivity contribution >= 4 is 40.6 Å². The molecule has 0 unspecified atom stereocenters. The Bertz CT molecular complexity index is 686. The highest BCUT2D eigenvalue weighted by molar-refractivity contribution is 7.14. The molecule has 3 N–H and O–H groups in total. The summed E-state index contributed by atoms with van der Waals surface area (Å²) < 4.78 is 0. The van der Waals surface area contributed by atoms with Gasteiger partial charge in [0.05, 0.1) is 5.56 Å². The average molecular weight is 382 g/mol. The maximum atomic E-state index is 12.3. The molecule has 2 amide bonds. The predicted molar refractivity (Wildman–Crippen MR) is 106 cm³/mol. The van der Waals surface area contributed by atoms with Crippen molar-refractivity contribution in [2.45, 2.75) is 19.8 Å². The first kappa shape index (κ1) is 21.2. The van der Waals surface area contributed by atoms with Gasteiger partial charge in [0.1, 0.15) is 5.00 Å². The number of hydrogen-bond acceptors (Lipinski definition) is 4. The fraction of sp³-hybridized carbons (Fsp3) is 0.333. The molecule has 0 radical (unpaired) electrons. The first-order valence-electron chi connectivity index (χ1n) is 8.06. The monoisotopic (exact) mass is 381 g/mol. The number of carbonyl (C=O) groups is 2. The van der Waals surface area contributed by atoms with Gasteiger partial charge in [0, 0.05) is 12.1 Å². The molecule has 1 aromatic carbocycles. The van der Waals surface area contributed by atoms with E-state index in [1.807, 2.05) is 19.2 Å². The largest absolute Gasteiger partial charge is 0.352 e. The molecule has 136 valence electrons. The third kappa shape index (κ3) is 6.16. The van der Waals surface area contributed by atoms with Crippen molar-refractivity contribution in [1.82, 2.24) is 10.6 Å². The van der Waals surface area contributed by atoms with E-state index in [0.717, 1.165) is 19.4 Å². The lowest BCUT2D eigenvalue weighted by atomic mass is 10.1. The van der Waals surface area contributed by atoms with Crippen molar-refractivity contribution in [2.75, 3.05) is 25.5 Å². The number of nitrogens with one attached hydrogen (secondary N) is 3. The number of rotatable bonds is 8. The zero-order valence-electron chi connectivity index (χ0n) is 14.4. The van der Waals surface area contributed by atoms with Crippen LogP contribution in [0.15, 0.2) is 35.7 Å². The second-order valence-corrected chi connectivity index (χ2v) is 6.30. The van der Waals surface area contributed by atoms with Crippen LogP contribution < -0.4 is 16.0 Å². The van der Waals surface area contributed by atoms with Crippen LogP contribution in [0, 0.1) is 0 Å². The fourth-order valence-electron chi connectivity index (χ4n) is 2.21. The molecule has 2 rings (SSSR count). The minimum Gasteiger partial charge on any atom is -0.352 e. The van der Waals surface area contributed by atoms with E-state index in [2.05, 4.69) is 22.9 Å². The molecule has 0 aliphatic rings. The number of benzene rings is 1. The standard InChI is InChI=1S/C18H23N3O2S.ClH/c1-3-13-5-7-14(8-6-13)16(22)21-18-15(9-12-24-18)17(23)20-11-4-10-19-2;/h5-9,12,19H,3-4,10-11H2,1-2H3,(H,20,23)(H,21,22);1H. The molecule has 0 aliphatic heterocycles. The SMILES string of the molecule is CCc1ccc(C(=O)Nc2sccc2C(=O)NCCCNC)cc1.Cl. The van der Waals surface area contributed by atoms with E-state index in [1.54, 1.807) is 23.6 Å². The van der Waals surface area contributed by atoms with Crippen molar-refractivity contribution in [3.8, 4) is 0 Å². The quantitative estimate of drug-likeness (QED) is 0.614. The molecule has 0 saturated heterocycles. The number of amides is 2. The second kappa shape index (κ2) is 10.9. The van der Waals surface area contributed by atoms with E-state index in [0.29, 0.717) is 22.7 Å². The molecule has 25 heavy (non-hydrogen) atoms. The van der Waals surface area contributed by atoms with Gasteiger partial charge < -0.3 is 16.0 Å². The molecule has 0 saturated carbocycles.